The Morgan fingerprint density at radius 2 is 1.88 bits per heavy atom. The van der Waals surface area contributed by atoms with E-state index < -0.39 is 24.5 Å². The summed E-state index contributed by atoms with van der Waals surface area (Å²) in [5.74, 6) is -0.798. The maximum absolute atomic E-state index is 11.6. The first kappa shape index (κ1) is 19.5. The summed E-state index contributed by atoms with van der Waals surface area (Å²) in [6.07, 6.45) is 0.742. The first-order valence-corrected chi connectivity index (χ1v) is 7.78. The summed E-state index contributed by atoms with van der Waals surface area (Å²) < 4.78 is 10.1. The SMILES string of the molecule is CC[C@@H](C)NC(=O)NC(=O)COC(=O)COc1cccc(C)c1C. The third-order valence-electron chi connectivity index (χ3n) is 3.51. The van der Waals surface area contributed by atoms with Crippen molar-refractivity contribution in [3.63, 3.8) is 0 Å². The van der Waals surface area contributed by atoms with Crippen molar-refractivity contribution in [1.82, 2.24) is 10.6 Å². The van der Waals surface area contributed by atoms with Crippen molar-refractivity contribution < 1.29 is 23.9 Å². The van der Waals surface area contributed by atoms with Crippen molar-refractivity contribution in [3.05, 3.63) is 29.3 Å². The molecule has 1 atom stereocenters. The molecule has 7 nitrogen and oxygen atoms in total. The predicted octanol–water partition coefficient (Wildman–Crippen LogP) is 1.85. The summed E-state index contributed by atoms with van der Waals surface area (Å²) in [4.78, 5) is 34.5. The van der Waals surface area contributed by atoms with Crippen LogP contribution < -0.4 is 15.4 Å². The molecular formula is C17H24N2O5. The van der Waals surface area contributed by atoms with Gasteiger partial charge in [0.25, 0.3) is 5.91 Å². The first-order valence-electron chi connectivity index (χ1n) is 7.78. The third kappa shape index (κ3) is 6.68. The molecule has 0 bridgehead atoms. The topological polar surface area (TPSA) is 93.7 Å². The normalized spacial score (nSPS) is 11.3. The molecule has 7 heteroatoms. The van der Waals surface area contributed by atoms with Crippen LogP contribution in [0.25, 0.3) is 0 Å². The van der Waals surface area contributed by atoms with E-state index in [2.05, 4.69) is 10.6 Å². The van der Waals surface area contributed by atoms with Crippen LogP contribution in [-0.2, 0) is 14.3 Å². The summed E-state index contributed by atoms with van der Waals surface area (Å²) in [7, 11) is 0. The monoisotopic (exact) mass is 336 g/mol. The molecule has 3 amide bonds. The number of benzene rings is 1. The maximum atomic E-state index is 11.6. The molecular weight excluding hydrogens is 312 g/mol. The third-order valence-corrected chi connectivity index (χ3v) is 3.51. The van der Waals surface area contributed by atoms with Crippen LogP contribution in [0.3, 0.4) is 0 Å². The summed E-state index contributed by atoms with van der Waals surface area (Å²) in [5, 5.41) is 4.65. The van der Waals surface area contributed by atoms with Crippen molar-refractivity contribution in [2.75, 3.05) is 13.2 Å². The molecule has 24 heavy (non-hydrogen) atoms. The average Bonchev–Trinajstić information content (AvgIpc) is 2.54. The number of carbonyl (C=O) groups excluding carboxylic acids is 3. The fraction of sp³-hybridized carbons (Fsp3) is 0.471. The lowest BCUT2D eigenvalue weighted by Gasteiger charge is -2.12. The second kappa shape index (κ2) is 9.54. The van der Waals surface area contributed by atoms with E-state index in [1.807, 2.05) is 39.8 Å². The highest BCUT2D eigenvalue weighted by molar-refractivity contribution is 5.95. The van der Waals surface area contributed by atoms with E-state index in [-0.39, 0.29) is 12.6 Å². The van der Waals surface area contributed by atoms with Gasteiger partial charge < -0.3 is 14.8 Å². The molecule has 0 unspecified atom stereocenters. The number of esters is 1. The fourth-order valence-electron chi connectivity index (χ4n) is 1.73. The first-order chi connectivity index (χ1) is 11.3. The second-order valence-electron chi connectivity index (χ2n) is 5.48. The molecule has 2 N–H and O–H groups in total. The minimum absolute atomic E-state index is 0.0497. The molecule has 0 saturated carbocycles. The number of urea groups is 1. The highest BCUT2D eigenvalue weighted by atomic mass is 16.6. The van der Waals surface area contributed by atoms with E-state index >= 15 is 0 Å². The Balaban J connectivity index is 2.32. The van der Waals surface area contributed by atoms with Crippen LogP contribution in [0.1, 0.15) is 31.4 Å². The van der Waals surface area contributed by atoms with Crippen molar-refractivity contribution in [2.24, 2.45) is 0 Å². The van der Waals surface area contributed by atoms with Gasteiger partial charge in [-0.15, -0.1) is 0 Å². The van der Waals surface area contributed by atoms with Gasteiger partial charge >= 0.3 is 12.0 Å². The highest BCUT2D eigenvalue weighted by Crippen LogP contribution is 2.20. The molecule has 0 aliphatic heterocycles. The van der Waals surface area contributed by atoms with E-state index in [1.165, 1.54) is 0 Å². The number of carbonyl (C=O) groups is 3. The van der Waals surface area contributed by atoms with E-state index in [1.54, 1.807) is 6.07 Å². The van der Waals surface area contributed by atoms with Crippen molar-refractivity contribution in [1.29, 1.82) is 0 Å². The predicted molar refractivity (Wildman–Crippen MR) is 88.8 cm³/mol. The van der Waals surface area contributed by atoms with Crippen LogP contribution >= 0.6 is 0 Å². The standard InChI is InChI=1S/C17H24N2O5/c1-5-12(3)18-17(22)19-15(20)9-24-16(21)10-23-14-8-6-7-11(2)13(14)4/h6-8,12H,5,9-10H2,1-4H3,(H2,18,19,20,22)/t12-/m1/s1. The zero-order chi connectivity index (χ0) is 18.1. The molecule has 1 rings (SSSR count). The zero-order valence-corrected chi connectivity index (χ0v) is 14.5. The van der Waals surface area contributed by atoms with Crippen LogP contribution in [0, 0.1) is 13.8 Å². The molecule has 0 aliphatic rings. The molecule has 0 fully saturated rings. The Kier molecular flexibility index (Phi) is 7.74. The quantitative estimate of drug-likeness (QED) is 0.741. The van der Waals surface area contributed by atoms with Crippen molar-refractivity contribution in [2.45, 2.75) is 40.2 Å². The Labute approximate surface area is 141 Å². The van der Waals surface area contributed by atoms with Gasteiger partial charge in [0.05, 0.1) is 0 Å². The Hall–Kier alpha value is -2.57. The molecule has 0 radical (unpaired) electrons. The van der Waals surface area contributed by atoms with Gasteiger partial charge in [-0.25, -0.2) is 9.59 Å². The summed E-state index contributed by atoms with van der Waals surface area (Å²) in [6.45, 7) is 6.70. The number of hydrogen-bond acceptors (Lipinski definition) is 5. The molecule has 0 heterocycles. The van der Waals surface area contributed by atoms with Gasteiger partial charge in [0.15, 0.2) is 13.2 Å². The second-order valence-corrected chi connectivity index (χ2v) is 5.48. The number of imide groups is 1. The number of amides is 3. The van der Waals surface area contributed by atoms with Gasteiger partial charge in [-0.05, 0) is 44.4 Å². The molecule has 132 valence electrons. The van der Waals surface area contributed by atoms with Gasteiger partial charge in [-0.2, -0.15) is 0 Å². The van der Waals surface area contributed by atoms with Gasteiger partial charge in [-0.1, -0.05) is 19.1 Å². The number of aryl methyl sites for hydroxylation is 1. The van der Waals surface area contributed by atoms with Gasteiger partial charge in [-0.3, -0.25) is 10.1 Å². The number of ether oxygens (including phenoxy) is 2. The molecule has 0 spiro atoms. The molecule has 0 aliphatic carbocycles. The summed E-state index contributed by atoms with van der Waals surface area (Å²) in [6, 6.07) is 4.85. The van der Waals surface area contributed by atoms with Gasteiger partial charge in [0, 0.05) is 6.04 Å². The van der Waals surface area contributed by atoms with E-state index in [9.17, 15) is 14.4 Å². The van der Waals surface area contributed by atoms with Gasteiger partial charge in [0.1, 0.15) is 5.75 Å². The Morgan fingerprint density at radius 1 is 1.17 bits per heavy atom. The molecule has 1 aromatic carbocycles. The Morgan fingerprint density at radius 3 is 2.54 bits per heavy atom. The van der Waals surface area contributed by atoms with E-state index in [0.717, 1.165) is 17.5 Å². The lowest BCUT2D eigenvalue weighted by Crippen LogP contribution is -2.44. The van der Waals surface area contributed by atoms with Crippen molar-refractivity contribution in [3.8, 4) is 5.75 Å². The minimum atomic E-state index is -0.698. The van der Waals surface area contributed by atoms with Crippen LogP contribution in [0.15, 0.2) is 18.2 Å². The van der Waals surface area contributed by atoms with Crippen LogP contribution in [-0.4, -0.2) is 37.2 Å². The number of hydrogen-bond donors (Lipinski definition) is 2. The van der Waals surface area contributed by atoms with Crippen LogP contribution in [0.4, 0.5) is 4.79 Å². The number of rotatable bonds is 7. The van der Waals surface area contributed by atoms with Crippen LogP contribution in [0.5, 0.6) is 5.75 Å². The van der Waals surface area contributed by atoms with Gasteiger partial charge in [0.2, 0.25) is 0 Å². The lowest BCUT2D eigenvalue weighted by molar-refractivity contribution is -0.150. The van der Waals surface area contributed by atoms with E-state index in [0.29, 0.717) is 5.75 Å². The zero-order valence-electron chi connectivity index (χ0n) is 14.5. The molecule has 1 aromatic rings. The molecule has 0 saturated heterocycles. The highest BCUT2D eigenvalue weighted by Gasteiger charge is 2.13. The molecule has 0 aromatic heterocycles. The smallest absolute Gasteiger partial charge is 0.344 e. The van der Waals surface area contributed by atoms with E-state index in [4.69, 9.17) is 9.47 Å². The fourth-order valence-corrected chi connectivity index (χ4v) is 1.73. The van der Waals surface area contributed by atoms with Crippen molar-refractivity contribution >= 4 is 17.9 Å². The summed E-state index contributed by atoms with van der Waals surface area (Å²) in [5.41, 5.74) is 1.98. The largest absolute Gasteiger partial charge is 0.482 e. The lowest BCUT2D eigenvalue weighted by atomic mass is 10.1. The average molecular weight is 336 g/mol. The maximum Gasteiger partial charge on any atom is 0.344 e. The van der Waals surface area contributed by atoms with Crippen LogP contribution in [0.2, 0.25) is 0 Å². The number of nitrogens with one attached hydrogen (secondary N) is 2. The minimum Gasteiger partial charge on any atom is -0.482 e. The summed E-state index contributed by atoms with van der Waals surface area (Å²) >= 11 is 0. The Bertz CT molecular complexity index is 601.